The topological polar surface area (TPSA) is 76.4 Å². The van der Waals surface area contributed by atoms with Crippen molar-refractivity contribution in [3.8, 4) is 52.1 Å². The van der Waals surface area contributed by atoms with E-state index in [0.29, 0.717) is 41.7 Å². The second-order valence-electron chi connectivity index (χ2n) is 12.6. The molecule has 4 aromatic rings. The quantitative estimate of drug-likeness (QED) is 0.205. The predicted octanol–water partition coefficient (Wildman–Crippen LogP) is 7.53. The number of benzene rings is 4. The standard InChI is InChI=1S/C38H37N3O5/c1-40-15-11-25-20-33-34-22-28(25)29(40)18-24-7-10-31(42-2)32(19-24)44-27-8-5-23(6-9-27)17-30-36-26(12-16-41(30)14-4-13-39)21-35(43-3)37(45-33)38(36)46-34/h5-10,19-22,29-30H,4,11-12,14-18H2,1-3H3. The van der Waals surface area contributed by atoms with Gasteiger partial charge in [-0.25, -0.2) is 0 Å². The van der Waals surface area contributed by atoms with Crippen LogP contribution in [0.5, 0.6) is 46.0 Å². The molecule has 0 aromatic heterocycles. The van der Waals surface area contributed by atoms with Crippen molar-refractivity contribution in [2.45, 2.75) is 44.2 Å². The van der Waals surface area contributed by atoms with Crippen molar-refractivity contribution < 1.29 is 23.7 Å². The molecule has 5 heterocycles. The summed E-state index contributed by atoms with van der Waals surface area (Å²) in [5.74, 6) is 5.60. The van der Waals surface area contributed by atoms with E-state index in [1.807, 2.05) is 18.2 Å². The van der Waals surface area contributed by atoms with Crippen LogP contribution >= 0.6 is 0 Å². The highest BCUT2D eigenvalue weighted by molar-refractivity contribution is 5.67. The van der Waals surface area contributed by atoms with Crippen LogP contribution in [0.4, 0.5) is 0 Å². The van der Waals surface area contributed by atoms with E-state index in [4.69, 9.17) is 23.7 Å². The minimum absolute atomic E-state index is 0.0131. The first-order valence-corrected chi connectivity index (χ1v) is 16.0. The third-order valence-electron chi connectivity index (χ3n) is 9.99. The maximum Gasteiger partial charge on any atom is 0.212 e. The zero-order valence-electron chi connectivity index (χ0n) is 26.5. The van der Waals surface area contributed by atoms with Crippen LogP contribution in [0, 0.1) is 11.3 Å². The Bertz CT molecular complexity index is 1860. The number of hydrogen-bond donors (Lipinski definition) is 0. The van der Waals surface area contributed by atoms with Gasteiger partial charge in [-0.3, -0.25) is 9.80 Å². The van der Waals surface area contributed by atoms with Crippen LogP contribution in [0.25, 0.3) is 0 Å². The Morgan fingerprint density at radius 3 is 2.30 bits per heavy atom. The maximum absolute atomic E-state index is 9.50. The van der Waals surface area contributed by atoms with Crippen LogP contribution in [0.3, 0.4) is 0 Å². The van der Waals surface area contributed by atoms with Crippen molar-refractivity contribution >= 4 is 0 Å². The van der Waals surface area contributed by atoms with Crippen molar-refractivity contribution in [3.05, 3.63) is 94.0 Å². The van der Waals surface area contributed by atoms with Crippen molar-refractivity contribution in [2.75, 3.05) is 40.9 Å². The summed E-state index contributed by atoms with van der Waals surface area (Å²) in [4.78, 5) is 4.83. The molecule has 0 saturated carbocycles. The molecule has 234 valence electrons. The molecular weight excluding hydrogens is 578 g/mol. The lowest BCUT2D eigenvalue weighted by Gasteiger charge is -2.40. The largest absolute Gasteiger partial charge is 0.493 e. The highest BCUT2D eigenvalue weighted by atomic mass is 16.6. The van der Waals surface area contributed by atoms with Gasteiger partial charge in [0.2, 0.25) is 5.75 Å². The predicted molar refractivity (Wildman–Crippen MR) is 174 cm³/mol. The molecule has 46 heavy (non-hydrogen) atoms. The van der Waals surface area contributed by atoms with Gasteiger partial charge in [0.25, 0.3) is 0 Å². The first-order chi connectivity index (χ1) is 22.5. The summed E-state index contributed by atoms with van der Waals surface area (Å²) >= 11 is 0. The molecular formula is C38H37N3O5. The lowest BCUT2D eigenvalue weighted by Crippen LogP contribution is -2.37. The van der Waals surface area contributed by atoms with Gasteiger partial charge in [-0.2, -0.15) is 5.26 Å². The van der Waals surface area contributed by atoms with E-state index < -0.39 is 0 Å². The van der Waals surface area contributed by atoms with Gasteiger partial charge in [-0.05, 0) is 103 Å². The van der Waals surface area contributed by atoms with Crippen LogP contribution in [0.2, 0.25) is 0 Å². The van der Waals surface area contributed by atoms with E-state index in [2.05, 4.69) is 65.4 Å². The molecule has 5 aliphatic rings. The average molecular weight is 616 g/mol. The van der Waals surface area contributed by atoms with Gasteiger partial charge in [0, 0.05) is 43.7 Å². The Kier molecular flexibility index (Phi) is 7.24. The molecule has 2 unspecified atom stereocenters. The zero-order chi connectivity index (χ0) is 31.4. The summed E-state index contributed by atoms with van der Waals surface area (Å²) in [6, 6.07) is 23.5. The van der Waals surface area contributed by atoms with Crippen molar-refractivity contribution in [1.29, 1.82) is 5.26 Å². The second kappa shape index (κ2) is 11.6. The van der Waals surface area contributed by atoms with Crippen LogP contribution in [0.1, 0.15) is 51.9 Å². The summed E-state index contributed by atoms with van der Waals surface area (Å²) in [5, 5.41) is 9.50. The minimum Gasteiger partial charge on any atom is -0.493 e. The fraction of sp³-hybridized carbons (Fsp3) is 0.342. The van der Waals surface area contributed by atoms with Crippen LogP contribution < -0.4 is 23.7 Å². The Morgan fingerprint density at radius 2 is 1.50 bits per heavy atom. The summed E-state index contributed by atoms with van der Waals surface area (Å²) in [6.45, 7) is 2.46. The number of ether oxygens (including phenoxy) is 5. The van der Waals surface area contributed by atoms with E-state index in [0.717, 1.165) is 72.7 Å². The third-order valence-corrected chi connectivity index (χ3v) is 9.99. The van der Waals surface area contributed by atoms with Gasteiger partial charge in [-0.1, -0.05) is 18.2 Å². The molecule has 0 radical (unpaired) electrons. The Hall–Kier alpha value is -4.71. The summed E-state index contributed by atoms with van der Waals surface area (Å²) in [6.07, 6.45) is 3.76. The number of nitriles is 1. The Balaban J connectivity index is 1.32. The van der Waals surface area contributed by atoms with E-state index in [1.54, 1.807) is 14.2 Å². The first-order valence-electron chi connectivity index (χ1n) is 16.0. The number of fused-ring (bicyclic) bond motifs is 2. The normalized spacial score (nSPS) is 19.6. The maximum atomic E-state index is 9.50. The highest BCUT2D eigenvalue weighted by Crippen LogP contribution is 2.56. The molecule has 8 nitrogen and oxygen atoms in total. The second-order valence-corrected chi connectivity index (χ2v) is 12.6. The molecule has 9 rings (SSSR count). The van der Waals surface area contributed by atoms with Crippen molar-refractivity contribution in [2.24, 2.45) is 0 Å². The molecule has 4 aromatic carbocycles. The van der Waals surface area contributed by atoms with Gasteiger partial charge in [0.05, 0.1) is 20.3 Å². The molecule has 0 fully saturated rings. The SMILES string of the molecule is COc1ccc2cc1Oc1ccc(cc1)CC1c3c(cc(OC)c4c3Oc3cc5c(cc3O4)CCN(C)C5C2)CCN1CCC#N. The molecule has 2 atom stereocenters. The summed E-state index contributed by atoms with van der Waals surface area (Å²) in [7, 11) is 5.55. The highest BCUT2D eigenvalue weighted by Gasteiger charge is 2.38. The molecule has 0 N–H and O–H groups in total. The molecule has 0 amide bonds. The van der Waals surface area contributed by atoms with Gasteiger partial charge in [-0.15, -0.1) is 0 Å². The molecule has 7 bridgehead atoms. The Labute approximate surface area is 269 Å². The van der Waals surface area contributed by atoms with Gasteiger partial charge < -0.3 is 23.7 Å². The summed E-state index contributed by atoms with van der Waals surface area (Å²) in [5.41, 5.74) is 7.14. The molecule has 5 aliphatic heterocycles. The van der Waals surface area contributed by atoms with Crippen LogP contribution in [-0.4, -0.2) is 50.7 Å². The van der Waals surface area contributed by atoms with E-state index >= 15 is 0 Å². The first kappa shape index (κ1) is 28.7. The van der Waals surface area contributed by atoms with Crippen molar-refractivity contribution in [1.82, 2.24) is 9.80 Å². The van der Waals surface area contributed by atoms with Crippen LogP contribution in [-0.2, 0) is 25.7 Å². The average Bonchev–Trinajstić information content (AvgIpc) is 3.07. The Morgan fingerprint density at radius 1 is 0.761 bits per heavy atom. The zero-order valence-corrected chi connectivity index (χ0v) is 26.5. The minimum atomic E-state index is -0.0131. The molecule has 8 heteroatoms. The van der Waals surface area contributed by atoms with E-state index in [1.165, 1.54) is 16.7 Å². The molecule has 0 aliphatic carbocycles. The smallest absolute Gasteiger partial charge is 0.212 e. The van der Waals surface area contributed by atoms with Gasteiger partial charge in [0.15, 0.2) is 34.5 Å². The number of hydrogen-bond acceptors (Lipinski definition) is 8. The fourth-order valence-corrected chi connectivity index (χ4v) is 7.57. The number of nitrogens with zero attached hydrogens (tertiary/aromatic N) is 3. The third kappa shape index (κ3) is 4.91. The van der Waals surface area contributed by atoms with Crippen LogP contribution in [0.15, 0.2) is 60.7 Å². The fourth-order valence-electron chi connectivity index (χ4n) is 7.57. The van der Waals surface area contributed by atoms with Crippen molar-refractivity contribution in [3.63, 3.8) is 0 Å². The lowest BCUT2D eigenvalue weighted by atomic mass is 9.86. The number of likely N-dealkylation sites (N-methyl/N-ethyl adjacent to an activating group) is 1. The monoisotopic (exact) mass is 615 g/mol. The number of rotatable bonds is 4. The lowest BCUT2D eigenvalue weighted by molar-refractivity contribution is 0.181. The van der Waals surface area contributed by atoms with E-state index in [-0.39, 0.29) is 12.1 Å². The molecule has 0 saturated heterocycles. The summed E-state index contributed by atoms with van der Waals surface area (Å²) < 4.78 is 31.7. The van der Waals surface area contributed by atoms with Gasteiger partial charge >= 0.3 is 0 Å². The molecule has 0 spiro atoms. The number of methoxy groups -OCH3 is 2. The van der Waals surface area contributed by atoms with E-state index in [9.17, 15) is 5.26 Å². The van der Waals surface area contributed by atoms with Gasteiger partial charge in [0.1, 0.15) is 5.75 Å².